The summed E-state index contributed by atoms with van der Waals surface area (Å²) < 4.78 is 15.2. The van der Waals surface area contributed by atoms with Crippen LogP contribution in [0, 0.1) is 0 Å². The van der Waals surface area contributed by atoms with Crippen LogP contribution in [0.25, 0.3) is 11.6 Å². The summed E-state index contributed by atoms with van der Waals surface area (Å²) in [4.78, 5) is 17.5. The minimum Gasteiger partial charge on any atom is -0.503 e. The van der Waals surface area contributed by atoms with Gasteiger partial charge in [-0.25, -0.2) is 4.79 Å². The average Bonchev–Trinajstić information content (AvgIpc) is 2.76. The maximum atomic E-state index is 12.1. The molecule has 0 radical (unpaired) electrons. The predicted octanol–water partition coefficient (Wildman–Crippen LogP) is 4.46. The van der Waals surface area contributed by atoms with Crippen molar-refractivity contribution in [2.45, 2.75) is 13.5 Å². The highest BCUT2D eigenvalue weighted by Gasteiger charge is 2.16. The maximum Gasteiger partial charge on any atom is 0.341 e. The highest BCUT2D eigenvalue weighted by Crippen LogP contribution is 2.22. The molecule has 2 rings (SSSR count). The second-order valence-electron chi connectivity index (χ2n) is 6.00. The van der Waals surface area contributed by atoms with Gasteiger partial charge in [0.1, 0.15) is 17.9 Å². The van der Waals surface area contributed by atoms with Crippen LogP contribution in [0.3, 0.4) is 0 Å². The molecule has 0 saturated carbocycles. The Hall–Kier alpha value is -3.54. The summed E-state index contributed by atoms with van der Waals surface area (Å²) in [5.74, 6) is 0.297. The zero-order valence-corrected chi connectivity index (χ0v) is 17.0. The molecule has 0 aromatic heterocycles. The van der Waals surface area contributed by atoms with E-state index in [1.54, 1.807) is 13.2 Å². The van der Waals surface area contributed by atoms with Gasteiger partial charge in [0, 0.05) is 11.1 Å². The van der Waals surface area contributed by atoms with Gasteiger partial charge >= 0.3 is 5.97 Å². The molecule has 0 atom stereocenters. The fourth-order valence-electron chi connectivity index (χ4n) is 2.61. The Morgan fingerprint density at radius 2 is 1.76 bits per heavy atom. The van der Waals surface area contributed by atoms with Crippen molar-refractivity contribution in [2.24, 2.45) is 5.16 Å². The Labute approximate surface area is 171 Å². The molecule has 0 bridgehead atoms. The quantitative estimate of drug-likeness (QED) is 0.206. The number of ether oxygens (including phenoxy) is 3. The van der Waals surface area contributed by atoms with Crippen molar-refractivity contribution >= 4 is 23.3 Å². The smallest absolute Gasteiger partial charge is 0.341 e. The molecule has 2 aromatic rings. The van der Waals surface area contributed by atoms with Crippen molar-refractivity contribution in [3.05, 3.63) is 77.6 Å². The van der Waals surface area contributed by atoms with E-state index < -0.39 is 5.97 Å². The summed E-state index contributed by atoms with van der Waals surface area (Å²) in [6.07, 6.45) is 5.11. The van der Waals surface area contributed by atoms with Crippen LogP contribution >= 0.6 is 0 Å². The van der Waals surface area contributed by atoms with E-state index in [9.17, 15) is 4.79 Å². The molecule has 0 fully saturated rings. The average molecular weight is 395 g/mol. The van der Waals surface area contributed by atoms with Crippen LogP contribution in [0.2, 0.25) is 0 Å². The Kier molecular flexibility index (Phi) is 8.51. The fraction of sp³-hybridized carbons (Fsp3) is 0.217. The van der Waals surface area contributed by atoms with Crippen LogP contribution < -0.4 is 4.74 Å². The third kappa shape index (κ3) is 6.24. The van der Waals surface area contributed by atoms with Gasteiger partial charge in [-0.1, -0.05) is 47.6 Å². The van der Waals surface area contributed by atoms with Crippen LogP contribution in [0.1, 0.15) is 23.6 Å². The predicted molar refractivity (Wildman–Crippen MR) is 113 cm³/mol. The molecule has 0 unspecified atom stereocenters. The van der Waals surface area contributed by atoms with Crippen molar-refractivity contribution in [2.75, 3.05) is 21.3 Å². The van der Waals surface area contributed by atoms with E-state index in [1.165, 1.54) is 20.5 Å². The van der Waals surface area contributed by atoms with Gasteiger partial charge in [0.25, 0.3) is 0 Å². The van der Waals surface area contributed by atoms with E-state index in [1.807, 2.05) is 61.5 Å². The van der Waals surface area contributed by atoms with E-state index in [-0.39, 0.29) is 6.61 Å². The minimum absolute atomic E-state index is 0.189. The van der Waals surface area contributed by atoms with Gasteiger partial charge in [-0.15, -0.1) is 0 Å². The number of carbonyl (C=O) groups excluding carboxylic acids is 1. The fourth-order valence-corrected chi connectivity index (χ4v) is 2.61. The maximum absolute atomic E-state index is 12.1. The molecule has 6 nitrogen and oxygen atoms in total. The van der Waals surface area contributed by atoms with Crippen LogP contribution in [0.5, 0.6) is 5.75 Å². The highest BCUT2D eigenvalue weighted by molar-refractivity contribution is 6.16. The number of esters is 1. The first kappa shape index (κ1) is 21.8. The van der Waals surface area contributed by atoms with E-state index in [0.29, 0.717) is 16.8 Å². The number of methoxy groups -OCH3 is 3. The SMILES string of the molecule is COC=C(C(=O)OC)c1ccccc1CON=C(C)C=Cc1ccccc1OC. The van der Waals surface area contributed by atoms with Crippen molar-refractivity contribution in [1.82, 2.24) is 0 Å². The van der Waals surface area contributed by atoms with Gasteiger partial charge in [-0.05, 0) is 30.7 Å². The van der Waals surface area contributed by atoms with Gasteiger partial charge in [-0.2, -0.15) is 0 Å². The van der Waals surface area contributed by atoms with Crippen molar-refractivity contribution in [3.8, 4) is 5.75 Å². The van der Waals surface area contributed by atoms with E-state index >= 15 is 0 Å². The van der Waals surface area contributed by atoms with Crippen molar-refractivity contribution in [3.63, 3.8) is 0 Å². The van der Waals surface area contributed by atoms with Gasteiger partial charge < -0.3 is 19.0 Å². The molecule has 0 heterocycles. The lowest BCUT2D eigenvalue weighted by molar-refractivity contribution is -0.133. The molecule has 29 heavy (non-hydrogen) atoms. The summed E-state index contributed by atoms with van der Waals surface area (Å²) in [6, 6.07) is 15.1. The first-order valence-corrected chi connectivity index (χ1v) is 8.98. The number of carbonyl (C=O) groups is 1. The van der Waals surface area contributed by atoms with Gasteiger partial charge in [0.2, 0.25) is 0 Å². The molecule has 0 aliphatic carbocycles. The summed E-state index contributed by atoms with van der Waals surface area (Å²) in [5.41, 5.74) is 3.40. The molecule has 0 saturated heterocycles. The van der Waals surface area contributed by atoms with Crippen molar-refractivity contribution in [1.29, 1.82) is 0 Å². The Morgan fingerprint density at radius 1 is 1.03 bits per heavy atom. The number of benzene rings is 2. The largest absolute Gasteiger partial charge is 0.503 e. The Morgan fingerprint density at radius 3 is 2.48 bits per heavy atom. The molecule has 0 N–H and O–H groups in total. The van der Waals surface area contributed by atoms with Crippen LogP contribution in [0.4, 0.5) is 0 Å². The second kappa shape index (κ2) is 11.3. The normalized spacial score (nSPS) is 12.0. The van der Waals surface area contributed by atoms with E-state index in [0.717, 1.165) is 16.9 Å². The molecular weight excluding hydrogens is 370 g/mol. The summed E-state index contributed by atoms with van der Waals surface area (Å²) in [5, 5.41) is 4.12. The molecule has 2 aromatic carbocycles. The van der Waals surface area contributed by atoms with Gasteiger partial charge in [0.05, 0.1) is 33.3 Å². The van der Waals surface area contributed by atoms with Crippen LogP contribution in [-0.4, -0.2) is 33.0 Å². The van der Waals surface area contributed by atoms with Crippen LogP contribution in [0.15, 0.2) is 66.0 Å². The molecule has 6 heteroatoms. The summed E-state index contributed by atoms with van der Waals surface area (Å²) in [6.45, 7) is 2.02. The van der Waals surface area contributed by atoms with Gasteiger partial charge in [-0.3, -0.25) is 0 Å². The molecule has 152 valence electrons. The zero-order valence-electron chi connectivity index (χ0n) is 17.0. The van der Waals surface area contributed by atoms with Gasteiger partial charge in [0.15, 0.2) is 0 Å². The van der Waals surface area contributed by atoms with Crippen LogP contribution in [-0.2, 0) is 25.7 Å². The van der Waals surface area contributed by atoms with Crippen molar-refractivity contribution < 1.29 is 23.8 Å². The number of rotatable bonds is 9. The lowest BCUT2D eigenvalue weighted by atomic mass is 10.0. The molecular formula is C23H25NO5. The Balaban J connectivity index is 2.11. The number of para-hydroxylation sites is 1. The third-order valence-corrected chi connectivity index (χ3v) is 4.02. The lowest BCUT2D eigenvalue weighted by Gasteiger charge is -2.10. The second-order valence-corrected chi connectivity index (χ2v) is 6.00. The molecule has 0 amide bonds. The number of allylic oxidation sites excluding steroid dienone is 1. The van der Waals surface area contributed by atoms with E-state index in [4.69, 9.17) is 19.0 Å². The number of nitrogens with zero attached hydrogens (tertiary/aromatic N) is 1. The third-order valence-electron chi connectivity index (χ3n) is 4.02. The zero-order chi connectivity index (χ0) is 21.1. The first-order valence-electron chi connectivity index (χ1n) is 8.98. The summed E-state index contributed by atoms with van der Waals surface area (Å²) >= 11 is 0. The summed E-state index contributed by atoms with van der Waals surface area (Å²) in [7, 11) is 4.44. The monoisotopic (exact) mass is 395 g/mol. The number of hydrogen-bond acceptors (Lipinski definition) is 6. The number of oxime groups is 1. The first-order chi connectivity index (χ1) is 14.1. The van der Waals surface area contributed by atoms with E-state index in [2.05, 4.69) is 5.16 Å². The highest BCUT2D eigenvalue weighted by atomic mass is 16.6. The lowest BCUT2D eigenvalue weighted by Crippen LogP contribution is -2.07. The molecule has 0 spiro atoms. The standard InChI is InChI=1S/C23H25NO5/c1-17(13-14-18-9-6-8-12-22(18)27-3)24-29-15-19-10-5-7-11-20(19)21(16-26-2)23(25)28-4/h5-14,16H,15H2,1-4H3. The minimum atomic E-state index is -0.487. The molecule has 0 aliphatic rings. The number of hydrogen-bond donors (Lipinski definition) is 0. The molecule has 0 aliphatic heterocycles. The Bertz CT molecular complexity index is 915. The topological polar surface area (TPSA) is 66.4 Å².